The third kappa shape index (κ3) is 3.10. The number of nitrogens with one attached hydrogen (secondary N) is 1. The van der Waals surface area contributed by atoms with Gasteiger partial charge in [0.05, 0.1) is 16.8 Å². The van der Waals surface area contributed by atoms with Crippen LogP contribution in [0.3, 0.4) is 0 Å². The maximum Gasteiger partial charge on any atom is 0.256 e. The Labute approximate surface area is 136 Å². The van der Waals surface area contributed by atoms with Crippen LogP contribution in [0.1, 0.15) is 16.1 Å². The molecule has 4 nitrogen and oxygen atoms in total. The minimum atomic E-state index is -0.483. The van der Waals surface area contributed by atoms with Gasteiger partial charge in [-0.05, 0) is 49.4 Å². The summed E-state index contributed by atoms with van der Waals surface area (Å²) in [6.45, 7) is 1.75. The summed E-state index contributed by atoms with van der Waals surface area (Å²) in [5.74, 6) is -1.05. The minimum Gasteiger partial charge on any atom is -0.506 e. The highest BCUT2D eigenvalue weighted by atomic mass is 35.5. The van der Waals surface area contributed by atoms with Crippen molar-refractivity contribution in [1.82, 2.24) is 4.98 Å². The number of phenols is 1. The number of halogens is 2. The molecule has 116 valence electrons. The molecule has 0 atom stereocenters. The molecule has 2 aromatic carbocycles. The molecule has 23 heavy (non-hydrogen) atoms. The predicted molar refractivity (Wildman–Crippen MR) is 87.5 cm³/mol. The van der Waals surface area contributed by atoms with Gasteiger partial charge in [-0.25, -0.2) is 4.39 Å². The van der Waals surface area contributed by atoms with E-state index in [9.17, 15) is 14.3 Å². The van der Waals surface area contributed by atoms with Crippen molar-refractivity contribution < 1.29 is 14.3 Å². The second-order valence-corrected chi connectivity index (χ2v) is 5.52. The smallest absolute Gasteiger partial charge is 0.256 e. The van der Waals surface area contributed by atoms with E-state index < -0.39 is 11.7 Å². The van der Waals surface area contributed by atoms with Crippen molar-refractivity contribution in [2.24, 2.45) is 0 Å². The zero-order valence-electron chi connectivity index (χ0n) is 12.1. The van der Waals surface area contributed by atoms with Gasteiger partial charge in [0, 0.05) is 16.1 Å². The number of aryl methyl sites for hydroxylation is 1. The molecule has 0 saturated carbocycles. The van der Waals surface area contributed by atoms with Crippen LogP contribution in [0.25, 0.3) is 10.9 Å². The minimum absolute atomic E-state index is 0.107. The second-order valence-electron chi connectivity index (χ2n) is 5.09. The van der Waals surface area contributed by atoms with E-state index in [1.54, 1.807) is 13.0 Å². The molecule has 1 aromatic heterocycles. The molecule has 0 saturated heterocycles. The Kier molecular flexibility index (Phi) is 3.88. The number of carbonyl (C=O) groups is 1. The average molecular weight is 331 g/mol. The van der Waals surface area contributed by atoms with E-state index in [1.807, 2.05) is 0 Å². The number of phenolic OH excluding ortho intramolecular Hbond substituents is 1. The molecule has 3 rings (SSSR count). The number of hydrogen-bond donors (Lipinski definition) is 2. The van der Waals surface area contributed by atoms with Crippen molar-refractivity contribution >= 4 is 34.1 Å². The molecular weight excluding hydrogens is 319 g/mol. The molecule has 0 radical (unpaired) electrons. The van der Waals surface area contributed by atoms with Crippen LogP contribution in [0, 0.1) is 12.7 Å². The van der Waals surface area contributed by atoms with Crippen LogP contribution in [0.5, 0.6) is 5.75 Å². The Hall–Kier alpha value is -2.66. The number of pyridine rings is 1. The van der Waals surface area contributed by atoms with E-state index >= 15 is 0 Å². The maximum absolute atomic E-state index is 13.5. The van der Waals surface area contributed by atoms with Crippen molar-refractivity contribution in [1.29, 1.82) is 0 Å². The average Bonchev–Trinajstić information content (AvgIpc) is 2.50. The van der Waals surface area contributed by atoms with E-state index in [0.29, 0.717) is 21.6 Å². The topological polar surface area (TPSA) is 62.2 Å². The maximum atomic E-state index is 13.5. The van der Waals surface area contributed by atoms with Crippen LogP contribution < -0.4 is 5.32 Å². The lowest BCUT2D eigenvalue weighted by Gasteiger charge is -2.10. The molecule has 3 aromatic rings. The van der Waals surface area contributed by atoms with Gasteiger partial charge in [0.25, 0.3) is 5.91 Å². The molecular formula is C17H12ClFN2O2. The Morgan fingerprint density at radius 2 is 2.00 bits per heavy atom. The van der Waals surface area contributed by atoms with Crippen LogP contribution in [0.4, 0.5) is 10.1 Å². The van der Waals surface area contributed by atoms with Crippen LogP contribution in [-0.2, 0) is 0 Å². The fourth-order valence-corrected chi connectivity index (χ4v) is 2.49. The Balaban J connectivity index is 2.07. The van der Waals surface area contributed by atoms with Gasteiger partial charge in [-0.2, -0.15) is 0 Å². The Morgan fingerprint density at radius 3 is 2.78 bits per heavy atom. The zero-order valence-corrected chi connectivity index (χ0v) is 12.9. The van der Waals surface area contributed by atoms with Crippen molar-refractivity contribution in [2.75, 3.05) is 5.32 Å². The summed E-state index contributed by atoms with van der Waals surface area (Å²) in [4.78, 5) is 16.8. The number of rotatable bonds is 2. The van der Waals surface area contributed by atoms with E-state index in [-0.39, 0.29) is 17.0 Å². The standard InChI is InChI=1S/C17H12ClFN2O2/c1-9-6-13(12-8-11(19)3-4-14(12)20-9)17(23)21-15-7-10(18)2-5-16(15)22/h2-8,22H,1H3,(H,21,23). The molecule has 0 bridgehead atoms. The third-order valence-electron chi connectivity index (χ3n) is 3.35. The number of anilines is 1. The summed E-state index contributed by atoms with van der Waals surface area (Å²) >= 11 is 5.87. The summed E-state index contributed by atoms with van der Waals surface area (Å²) in [6, 6.07) is 9.96. The number of benzene rings is 2. The summed E-state index contributed by atoms with van der Waals surface area (Å²) in [5.41, 5.74) is 1.60. The Bertz CT molecular complexity index is 928. The van der Waals surface area contributed by atoms with Gasteiger partial charge in [0.1, 0.15) is 11.6 Å². The highest BCUT2D eigenvalue weighted by molar-refractivity contribution is 6.31. The SMILES string of the molecule is Cc1cc(C(=O)Nc2cc(Cl)ccc2O)c2cc(F)ccc2n1. The van der Waals surface area contributed by atoms with Crippen molar-refractivity contribution in [3.63, 3.8) is 0 Å². The first kappa shape index (κ1) is 15.2. The number of nitrogens with zero attached hydrogens (tertiary/aromatic N) is 1. The first-order valence-corrected chi connectivity index (χ1v) is 7.18. The van der Waals surface area contributed by atoms with E-state index in [0.717, 1.165) is 0 Å². The lowest BCUT2D eigenvalue weighted by Crippen LogP contribution is -2.13. The normalized spacial score (nSPS) is 10.7. The molecule has 0 unspecified atom stereocenters. The van der Waals surface area contributed by atoms with E-state index in [2.05, 4.69) is 10.3 Å². The fourth-order valence-electron chi connectivity index (χ4n) is 2.32. The summed E-state index contributed by atoms with van der Waals surface area (Å²) in [7, 11) is 0. The van der Waals surface area contributed by atoms with Crippen LogP contribution >= 0.6 is 11.6 Å². The zero-order chi connectivity index (χ0) is 16.6. The first-order valence-electron chi connectivity index (χ1n) is 6.81. The van der Waals surface area contributed by atoms with Gasteiger partial charge < -0.3 is 10.4 Å². The van der Waals surface area contributed by atoms with Gasteiger partial charge in [-0.1, -0.05) is 11.6 Å². The molecule has 0 aliphatic heterocycles. The molecule has 6 heteroatoms. The van der Waals surface area contributed by atoms with Crippen LogP contribution in [0.2, 0.25) is 5.02 Å². The number of carbonyl (C=O) groups excluding carboxylic acids is 1. The van der Waals surface area contributed by atoms with Crippen molar-refractivity contribution in [3.05, 3.63) is 64.6 Å². The largest absolute Gasteiger partial charge is 0.506 e. The highest BCUT2D eigenvalue weighted by Crippen LogP contribution is 2.28. The summed E-state index contributed by atoms with van der Waals surface area (Å²) in [5, 5.41) is 13.2. The Morgan fingerprint density at radius 1 is 1.22 bits per heavy atom. The van der Waals surface area contributed by atoms with Gasteiger partial charge in [0.2, 0.25) is 0 Å². The summed E-state index contributed by atoms with van der Waals surface area (Å²) in [6.07, 6.45) is 0. The molecule has 0 fully saturated rings. The molecule has 1 heterocycles. The lowest BCUT2D eigenvalue weighted by molar-refractivity contribution is 0.102. The van der Waals surface area contributed by atoms with Crippen LogP contribution in [0.15, 0.2) is 42.5 Å². The monoisotopic (exact) mass is 330 g/mol. The highest BCUT2D eigenvalue weighted by Gasteiger charge is 2.15. The van der Waals surface area contributed by atoms with Gasteiger partial charge in [-0.15, -0.1) is 0 Å². The fraction of sp³-hybridized carbons (Fsp3) is 0.0588. The van der Waals surface area contributed by atoms with Crippen molar-refractivity contribution in [2.45, 2.75) is 6.92 Å². The van der Waals surface area contributed by atoms with Gasteiger partial charge >= 0.3 is 0 Å². The number of fused-ring (bicyclic) bond motifs is 1. The molecule has 0 spiro atoms. The van der Waals surface area contributed by atoms with E-state index in [1.165, 1.54) is 36.4 Å². The molecule has 0 aliphatic carbocycles. The predicted octanol–water partition coefficient (Wildman–Crippen LogP) is 4.29. The van der Waals surface area contributed by atoms with Crippen LogP contribution in [-0.4, -0.2) is 16.0 Å². The quantitative estimate of drug-likeness (QED) is 0.689. The first-order chi connectivity index (χ1) is 10.9. The summed E-state index contributed by atoms with van der Waals surface area (Å²) < 4.78 is 13.5. The molecule has 1 amide bonds. The number of aromatic hydroxyl groups is 1. The van der Waals surface area contributed by atoms with Gasteiger partial charge in [-0.3, -0.25) is 9.78 Å². The molecule has 0 aliphatic rings. The lowest BCUT2D eigenvalue weighted by atomic mass is 10.1. The van der Waals surface area contributed by atoms with E-state index in [4.69, 9.17) is 11.6 Å². The van der Waals surface area contributed by atoms with Gasteiger partial charge in [0.15, 0.2) is 0 Å². The number of amides is 1. The van der Waals surface area contributed by atoms with Crippen molar-refractivity contribution in [3.8, 4) is 5.75 Å². The number of aromatic nitrogens is 1. The molecule has 2 N–H and O–H groups in total. The third-order valence-corrected chi connectivity index (χ3v) is 3.59. The second kappa shape index (κ2) is 5.85. The number of hydrogen-bond acceptors (Lipinski definition) is 3.